The summed E-state index contributed by atoms with van der Waals surface area (Å²) < 4.78 is 5.67. The summed E-state index contributed by atoms with van der Waals surface area (Å²) >= 11 is 0. The lowest BCUT2D eigenvalue weighted by atomic mass is 9.97. The van der Waals surface area contributed by atoms with E-state index in [0.717, 1.165) is 62.2 Å². The molecule has 3 heterocycles. The second kappa shape index (κ2) is 8.11. The van der Waals surface area contributed by atoms with Crippen molar-refractivity contribution in [1.82, 2.24) is 14.9 Å². The molecule has 2 aromatic heterocycles. The first-order chi connectivity index (χ1) is 12.1. The van der Waals surface area contributed by atoms with E-state index in [4.69, 9.17) is 10.2 Å². The third-order valence-electron chi connectivity index (χ3n) is 4.58. The highest BCUT2D eigenvalue weighted by molar-refractivity contribution is 5.91. The van der Waals surface area contributed by atoms with Crippen LogP contribution in [0.4, 0.5) is 5.82 Å². The number of nitrogens with zero attached hydrogens (tertiary/aromatic N) is 4. The lowest BCUT2D eigenvalue weighted by Gasteiger charge is -2.30. The zero-order chi connectivity index (χ0) is 17.6. The van der Waals surface area contributed by atoms with E-state index in [9.17, 15) is 0 Å². The fourth-order valence-corrected chi connectivity index (χ4v) is 2.96. The standard InChI is InChI=1S/C18H26N6O/c1-13-14(2)25-17(22-13)12-24-9-6-15(7-10-24)11-21-18(19)23-16-5-3-4-8-20-16/h3-5,8,15H,6-7,9-12H2,1-2H3,(H3,19,20,21,23). The Morgan fingerprint density at radius 3 is 2.80 bits per heavy atom. The number of hydrogen-bond acceptors (Lipinski definition) is 5. The number of aryl methyl sites for hydroxylation is 2. The Hall–Kier alpha value is -2.41. The number of anilines is 1. The Bertz CT molecular complexity index is 684. The topological polar surface area (TPSA) is 92.6 Å². The van der Waals surface area contributed by atoms with Crippen LogP contribution in [0, 0.1) is 19.8 Å². The van der Waals surface area contributed by atoms with Gasteiger partial charge in [0.15, 0.2) is 5.96 Å². The maximum absolute atomic E-state index is 5.94. The van der Waals surface area contributed by atoms with Crippen LogP contribution in [-0.4, -0.2) is 40.5 Å². The summed E-state index contributed by atoms with van der Waals surface area (Å²) in [4.78, 5) is 15.5. The minimum absolute atomic E-state index is 0.423. The van der Waals surface area contributed by atoms with Crippen molar-refractivity contribution in [2.24, 2.45) is 16.6 Å². The Balaban J connectivity index is 1.42. The molecule has 0 amide bonds. The van der Waals surface area contributed by atoms with Gasteiger partial charge in [0.1, 0.15) is 11.6 Å². The Labute approximate surface area is 148 Å². The van der Waals surface area contributed by atoms with E-state index in [2.05, 4.69) is 25.2 Å². The highest BCUT2D eigenvalue weighted by atomic mass is 16.4. The van der Waals surface area contributed by atoms with E-state index >= 15 is 0 Å². The van der Waals surface area contributed by atoms with Crippen LogP contribution < -0.4 is 11.1 Å². The molecule has 1 aliphatic heterocycles. The Morgan fingerprint density at radius 2 is 2.16 bits per heavy atom. The number of aliphatic imine (C=N–C) groups is 1. The lowest BCUT2D eigenvalue weighted by Crippen LogP contribution is -2.34. The second-order valence-electron chi connectivity index (χ2n) is 6.53. The average molecular weight is 342 g/mol. The number of aromatic nitrogens is 2. The van der Waals surface area contributed by atoms with Crippen molar-refractivity contribution in [3.05, 3.63) is 41.7 Å². The van der Waals surface area contributed by atoms with Gasteiger partial charge >= 0.3 is 0 Å². The number of piperidine rings is 1. The van der Waals surface area contributed by atoms with Crippen molar-refractivity contribution < 1.29 is 4.42 Å². The van der Waals surface area contributed by atoms with Crippen molar-refractivity contribution in [1.29, 1.82) is 0 Å². The monoisotopic (exact) mass is 342 g/mol. The van der Waals surface area contributed by atoms with Crippen LogP contribution in [0.2, 0.25) is 0 Å². The van der Waals surface area contributed by atoms with Crippen LogP contribution in [0.5, 0.6) is 0 Å². The largest absolute Gasteiger partial charge is 0.444 e. The van der Waals surface area contributed by atoms with Crippen LogP contribution >= 0.6 is 0 Å². The zero-order valence-electron chi connectivity index (χ0n) is 14.9. The molecule has 7 heteroatoms. The first-order valence-electron chi connectivity index (χ1n) is 8.73. The normalized spacial score (nSPS) is 17.0. The molecule has 0 spiro atoms. The molecule has 0 bridgehead atoms. The molecule has 0 radical (unpaired) electrons. The van der Waals surface area contributed by atoms with Crippen molar-refractivity contribution in [2.45, 2.75) is 33.2 Å². The zero-order valence-corrected chi connectivity index (χ0v) is 14.9. The van der Waals surface area contributed by atoms with Gasteiger partial charge in [-0.2, -0.15) is 0 Å². The molecule has 2 aromatic rings. The summed E-state index contributed by atoms with van der Waals surface area (Å²) in [6.07, 6.45) is 3.94. The molecule has 3 rings (SSSR count). The van der Waals surface area contributed by atoms with Crippen LogP contribution in [0.3, 0.4) is 0 Å². The molecule has 0 saturated carbocycles. The van der Waals surface area contributed by atoms with Gasteiger partial charge in [0, 0.05) is 12.7 Å². The molecule has 7 nitrogen and oxygen atoms in total. The number of hydrogen-bond donors (Lipinski definition) is 2. The SMILES string of the molecule is Cc1nc(CN2CCC(CN=C(N)Nc3ccccn3)CC2)oc1C. The molecule has 3 N–H and O–H groups in total. The van der Waals surface area contributed by atoms with Crippen LogP contribution in [0.1, 0.15) is 30.2 Å². The first kappa shape index (κ1) is 17.4. The molecular formula is C18H26N6O. The third-order valence-corrected chi connectivity index (χ3v) is 4.58. The molecule has 0 aromatic carbocycles. The maximum atomic E-state index is 5.94. The van der Waals surface area contributed by atoms with E-state index in [1.807, 2.05) is 32.0 Å². The number of nitrogens with two attached hydrogens (primary N) is 1. The smallest absolute Gasteiger partial charge is 0.208 e. The highest BCUT2D eigenvalue weighted by Crippen LogP contribution is 2.20. The fourth-order valence-electron chi connectivity index (χ4n) is 2.96. The predicted molar refractivity (Wildman–Crippen MR) is 98.3 cm³/mol. The minimum Gasteiger partial charge on any atom is -0.444 e. The maximum Gasteiger partial charge on any atom is 0.208 e. The van der Waals surface area contributed by atoms with Crippen molar-refractivity contribution in [2.75, 3.05) is 25.0 Å². The summed E-state index contributed by atoms with van der Waals surface area (Å²) in [6.45, 7) is 7.54. The summed E-state index contributed by atoms with van der Waals surface area (Å²) in [5, 5.41) is 3.02. The van der Waals surface area contributed by atoms with E-state index < -0.39 is 0 Å². The van der Waals surface area contributed by atoms with Gasteiger partial charge in [-0.05, 0) is 57.8 Å². The summed E-state index contributed by atoms with van der Waals surface area (Å²) in [7, 11) is 0. The van der Waals surface area contributed by atoms with Gasteiger partial charge < -0.3 is 15.5 Å². The number of likely N-dealkylation sites (tertiary alicyclic amines) is 1. The van der Waals surface area contributed by atoms with Gasteiger partial charge in [-0.15, -0.1) is 0 Å². The van der Waals surface area contributed by atoms with E-state index in [0.29, 0.717) is 11.9 Å². The summed E-state index contributed by atoms with van der Waals surface area (Å²) in [6, 6.07) is 5.65. The molecule has 0 atom stereocenters. The van der Waals surface area contributed by atoms with E-state index in [1.165, 1.54) is 0 Å². The van der Waals surface area contributed by atoms with Gasteiger partial charge in [-0.25, -0.2) is 9.97 Å². The Morgan fingerprint density at radius 1 is 1.36 bits per heavy atom. The summed E-state index contributed by atoms with van der Waals surface area (Å²) in [5.41, 5.74) is 6.92. The molecule has 1 fully saturated rings. The predicted octanol–water partition coefficient (Wildman–Crippen LogP) is 2.33. The van der Waals surface area contributed by atoms with E-state index in [1.54, 1.807) is 6.20 Å². The molecule has 0 unspecified atom stereocenters. The summed E-state index contributed by atoms with van der Waals surface area (Å²) in [5.74, 6) is 3.43. The molecule has 0 aliphatic carbocycles. The molecule has 134 valence electrons. The van der Waals surface area contributed by atoms with Gasteiger partial charge in [-0.1, -0.05) is 6.07 Å². The lowest BCUT2D eigenvalue weighted by molar-refractivity contribution is 0.166. The van der Waals surface area contributed by atoms with Gasteiger partial charge in [0.25, 0.3) is 0 Å². The second-order valence-corrected chi connectivity index (χ2v) is 6.53. The molecule has 1 saturated heterocycles. The molecule has 25 heavy (non-hydrogen) atoms. The van der Waals surface area contributed by atoms with Crippen molar-refractivity contribution in [3.63, 3.8) is 0 Å². The minimum atomic E-state index is 0.423. The van der Waals surface area contributed by atoms with Crippen LogP contribution in [-0.2, 0) is 6.54 Å². The number of nitrogens with one attached hydrogen (secondary N) is 1. The Kier molecular flexibility index (Phi) is 5.65. The molecular weight excluding hydrogens is 316 g/mol. The number of guanidine groups is 1. The number of oxazole rings is 1. The van der Waals surface area contributed by atoms with Crippen LogP contribution in [0.25, 0.3) is 0 Å². The first-order valence-corrected chi connectivity index (χ1v) is 8.73. The highest BCUT2D eigenvalue weighted by Gasteiger charge is 2.20. The van der Waals surface area contributed by atoms with Crippen LogP contribution in [0.15, 0.2) is 33.8 Å². The average Bonchev–Trinajstić information content (AvgIpc) is 2.92. The van der Waals surface area contributed by atoms with Gasteiger partial charge in [0.2, 0.25) is 5.89 Å². The quantitative estimate of drug-likeness (QED) is 0.640. The number of rotatable bonds is 5. The number of pyridine rings is 1. The third kappa shape index (κ3) is 5.03. The van der Waals surface area contributed by atoms with E-state index in [-0.39, 0.29) is 0 Å². The van der Waals surface area contributed by atoms with Gasteiger partial charge in [-0.3, -0.25) is 9.89 Å². The molecule has 1 aliphatic rings. The van der Waals surface area contributed by atoms with Gasteiger partial charge in [0.05, 0.1) is 12.2 Å². The van der Waals surface area contributed by atoms with Crippen molar-refractivity contribution >= 4 is 11.8 Å². The fraction of sp³-hybridized carbons (Fsp3) is 0.500. The van der Waals surface area contributed by atoms with Crippen molar-refractivity contribution in [3.8, 4) is 0 Å².